The summed E-state index contributed by atoms with van der Waals surface area (Å²) in [6.45, 7) is -0.386. The highest BCUT2D eigenvalue weighted by Crippen LogP contribution is 2.27. The Hall–Kier alpha value is -1.74. The van der Waals surface area contributed by atoms with Crippen molar-refractivity contribution < 1.29 is 22.5 Å². The van der Waals surface area contributed by atoms with Gasteiger partial charge in [-0.05, 0) is 6.07 Å². The fraction of sp³-hybridized carbons (Fsp3) is 0.250. The van der Waals surface area contributed by atoms with Crippen molar-refractivity contribution in [3.8, 4) is 5.75 Å². The quantitative estimate of drug-likeness (QED) is 0.611. The second kappa shape index (κ2) is 5.06. The summed E-state index contributed by atoms with van der Waals surface area (Å²) in [6.07, 6.45) is 0. The minimum absolute atomic E-state index is 0.335. The molecule has 1 aromatic rings. The summed E-state index contributed by atoms with van der Waals surface area (Å²) in [5.74, 6) is -1.57. The molecule has 94 valence electrons. The zero-order valence-corrected chi connectivity index (χ0v) is 9.31. The molecule has 0 heterocycles. The Morgan fingerprint density at radius 3 is 2.65 bits per heavy atom. The predicted octanol–water partition coefficient (Wildman–Crippen LogP) is 0.401. The van der Waals surface area contributed by atoms with E-state index in [2.05, 4.69) is 0 Å². The van der Waals surface area contributed by atoms with Crippen molar-refractivity contribution in [2.75, 3.05) is 12.4 Å². The Kier molecular flexibility index (Phi) is 3.97. The number of rotatable bonds is 5. The lowest BCUT2D eigenvalue weighted by atomic mass is 10.3. The van der Waals surface area contributed by atoms with E-state index in [1.165, 1.54) is 0 Å². The van der Waals surface area contributed by atoms with Gasteiger partial charge >= 0.3 is 5.69 Å². The first-order chi connectivity index (χ1) is 7.79. The number of primary sulfonamides is 1. The van der Waals surface area contributed by atoms with Crippen molar-refractivity contribution in [1.82, 2.24) is 0 Å². The van der Waals surface area contributed by atoms with Crippen molar-refractivity contribution in [3.05, 3.63) is 34.1 Å². The van der Waals surface area contributed by atoms with Gasteiger partial charge in [0.15, 0.2) is 5.75 Å². The van der Waals surface area contributed by atoms with Crippen LogP contribution < -0.4 is 9.88 Å². The molecule has 0 aliphatic carbocycles. The highest BCUT2D eigenvalue weighted by molar-refractivity contribution is 7.89. The van der Waals surface area contributed by atoms with Gasteiger partial charge in [0.2, 0.25) is 10.0 Å². The van der Waals surface area contributed by atoms with Gasteiger partial charge in [0.25, 0.3) is 0 Å². The molecule has 0 amide bonds. The van der Waals surface area contributed by atoms with Crippen LogP contribution in [-0.2, 0) is 10.0 Å². The van der Waals surface area contributed by atoms with E-state index in [1.807, 2.05) is 0 Å². The lowest BCUT2D eigenvalue weighted by Crippen LogP contribution is -2.21. The van der Waals surface area contributed by atoms with Crippen LogP contribution in [-0.4, -0.2) is 25.7 Å². The molecular weight excluding hydrogens is 255 g/mol. The first-order valence-corrected chi connectivity index (χ1v) is 6.08. The third-order valence-electron chi connectivity index (χ3n) is 1.74. The second-order valence-electron chi connectivity index (χ2n) is 3.08. The number of hydrogen-bond acceptors (Lipinski definition) is 5. The number of sulfonamides is 1. The van der Waals surface area contributed by atoms with Crippen molar-refractivity contribution in [2.45, 2.75) is 0 Å². The minimum atomic E-state index is -3.73. The molecule has 2 N–H and O–H groups in total. The van der Waals surface area contributed by atoms with Gasteiger partial charge in [0.05, 0.1) is 10.7 Å². The molecule has 9 heteroatoms. The molecule has 0 saturated carbocycles. The van der Waals surface area contributed by atoms with Crippen LogP contribution in [0.4, 0.5) is 10.1 Å². The van der Waals surface area contributed by atoms with Gasteiger partial charge < -0.3 is 4.74 Å². The van der Waals surface area contributed by atoms with E-state index in [1.54, 1.807) is 0 Å². The first kappa shape index (κ1) is 13.3. The van der Waals surface area contributed by atoms with Gasteiger partial charge in [-0.25, -0.2) is 17.9 Å². The van der Waals surface area contributed by atoms with Crippen LogP contribution in [0, 0.1) is 15.9 Å². The topological polar surface area (TPSA) is 113 Å². The maximum absolute atomic E-state index is 12.8. The summed E-state index contributed by atoms with van der Waals surface area (Å²) in [5, 5.41) is 15.3. The summed E-state index contributed by atoms with van der Waals surface area (Å²) in [7, 11) is -3.73. The zero-order valence-electron chi connectivity index (χ0n) is 8.50. The Labute approximate surface area is 96.2 Å². The van der Waals surface area contributed by atoms with Gasteiger partial charge in [0.1, 0.15) is 12.4 Å². The Morgan fingerprint density at radius 2 is 2.12 bits per heavy atom. The summed E-state index contributed by atoms with van der Waals surface area (Å²) in [6, 6.07) is 2.65. The Balaban J connectivity index is 2.82. The lowest BCUT2D eigenvalue weighted by molar-refractivity contribution is -0.385. The summed E-state index contributed by atoms with van der Waals surface area (Å²) >= 11 is 0. The summed E-state index contributed by atoms with van der Waals surface area (Å²) in [5.41, 5.74) is -0.444. The number of hydrogen-bond donors (Lipinski definition) is 1. The number of halogens is 1. The summed E-state index contributed by atoms with van der Waals surface area (Å²) in [4.78, 5) is 9.80. The number of nitrogens with two attached hydrogens (primary N) is 1. The van der Waals surface area contributed by atoms with E-state index in [4.69, 9.17) is 9.88 Å². The Bertz CT molecular complexity index is 531. The van der Waals surface area contributed by atoms with Crippen LogP contribution in [0.2, 0.25) is 0 Å². The monoisotopic (exact) mass is 264 g/mol. The highest BCUT2D eigenvalue weighted by Gasteiger charge is 2.16. The van der Waals surface area contributed by atoms with Crippen LogP contribution in [0.15, 0.2) is 18.2 Å². The fourth-order valence-corrected chi connectivity index (χ4v) is 1.34. The molecule has 0 spiro atoms. The van der Waals surface area contributed by atoms with E-state index in [0.717, 1.165) is 18.2 Å². The molecular formula is C8H9FN2O5S. The van der Waals surface area contributed by atoms with E-state index in [-0.39, 0.29) is 12.4 Å². The molecule has 1 aromatic carbocycles. The predicted molar refractivity (Wildman–Crippen MR) is 56.5 cm³/mol. The smallest absolute Gasteiger partial charge is 0.311 e. The van der Waals surface area contributed by atoms with Crippen LogP contribution in [0.25, 0.3) is 0 Å². The lowest BCUT2D eigenvalue weighted by Gasteiger charge is -2.05. The fourth-order valence-electron chi connectivity index (χ4n) is 1.02. The number of nitro benzene ring substituents is 1. The normalized spacial score (nSPS) is 11.2. The van der Waals surface area contributed by atoms with Crippen molar-refractivity contribution >= 4 is 15.7 Å². The minimum Gasteiger partial charge on any atom is -0.486 e. The molecule has 0 atom stereocenters. The summed E-state index contributed by atoms with van der Waals surface area (Å²) < 4.78 is 38.8. The molecule has 0 radical (unpaired) electrons. The van der Waals surface area contributed by atoms with Gasteiger partial charge in [-0.3, -0.25) is 10.1 Å². The standard InChI is InChI=1S/C8H9FN2O5S/c9-6-1-2-7(11(12)13)8(5-6)16-3-4-17(10,14)15/h1-2,5H,3-4H2,(H2,10,14,15). The number of nitro groups is 1. The number of ether oxygens (including phenoxy) is 1. The second-order valence-corrected chi connectivity index (χ2v) is 4.82. The molecule has 0 unspecified atom stereocenters. The van der Waals surface area contributed by atoms with E-state index in [0.29, 0.717) is 0 Å². The van der Waals surface area contributed by atoms with Crippen LogP contribution in [0.1, 0.15) is 0 Å². The molecule has 7 nitrogen and oxygen atoms in total. The van der Waals surface area contributed by atoms with Gasteiger partial charge in [-0.15, -0.1) is 0 Å². The molecule has 1 rings (SSSR count). The molecule has 0 fully saturated rings. The molecule has 0 aliphatic rings. The van der Waals surface area contributed by atoms with E-state index >= 15 is 0 Å². The van der Waals surface area contributed by atoms with Gasteiger partial charge in [-0.2, -0.15) is 0 Å². The van der Waals surface area contributed by atoms with Gasteiger partial charge in [-0.1, -0.05) is 0 Å². The van der Waals surface area contributed by atoms with Crippen molar-refractivity contribution in [3.63, 3.8) is 0 Å². The van der Waals surface area contributed by atoms with Gasteiger partial charge in [0, 0.05) is 12.1 Å². The van der Waals surface area contributed by atoms with Crippen LogP contribution >= 0.6 is 0 Å². The average Bonchev–Trinajstić information content (AvgIpc) is 2.15. The molecule has 0 bridgehead atoms. The maximum Gasteiger partial charge on any atom is 0.311 e. The number of benzene rings is 1. The zero-order chi connectivity index (χ0) is 13.1. The molecule has 17 heavy (non-hydrogen) atoms. The van der Waals surface area contributed by atoms with Crippen LogP contribution in [0.5, 0.6) is 5.75 Å². The molecule has 0 aromatic heterocycles. The maximum atomic E-state index is 12.8. The van der Waals surface area contributed by atoms with E-state index < -0.39 is 32.2 Å². The molecule has 0 aliphatic heterocycles. The van der Waals surface area contributed by atoms with Crippen molar-refractivity contribution in [2.24, 2.45) is 5.14 Å². The van der Waals surface area contributed by atoms with Crippen LogP contribution in [0.3, 0.4) is 0 Å². The van der Waals surface area contributed by atoms with Crippen molar-refractivity contribution in [1.29, 1.82) is 0 Å². The highest BCUT2D eigenvalue weighted by atomic mass is 32.2. The SMILES string of the molecule is NS(=O)(=O)CCOc1cc(F)ccc1[N+](=O)[O-]. The average molecular weight is 264 g/mol. The Morgan fingerprint density at radius 1 is 1.47 bits per heavy atom. The molecule has 0 saturated heterocycles. The van der Waals surface area contributed by atoms with E-state index in [9.17, 15) is 22.9 Å². The third-order valence-corrected chi connectivity index (χ3v) is 2.48. The third kappa shape index (κ3) is 4.33. The first-order valence-electron chi connectivity index (χ1n) is 4.37. The largest absolute Gasteiger partial charge is 0.486 e. The number of nitrogens with zero attached hydrogens (tertiary/aromatic N) is 1.